The Morgan fingerprint density at radius 1 is 0.964 bits per heavy atom. The number of nitrogens with one attached hydrogen (secondary N) is 1. The summed E-state index contributed by atoms with van der Waals surface area (Å²) in [7, 11) is 0. The number of rotatable bonds is 4. The fourth-order valence-corrected chi connectivity index (χ4v) is 3.66. The van der Waals surface area contributed by atoms with E-state index in [1.807, 2.05) is 47.4 Å². The highest BCUT2D eigenvalue weighted by atomic mass is 35.5. The molecule has 0 saturated heterocycles. The molecule has 2 amide bonds. The summed E-state index contributed by atoms with van der Waals surface area (Å²) in [6.07, 6.45) is 0.806. The Labute approximate surface area is 168 Å². The van der Waals surface area contributed by atoms with Crippen LogP contribution >= 0.6 is 11.6 Å². The molecule has 1 N–H and O–H groups in total. The summed E-state index contributed by atoms with van der Waals surface area (Å²) in [5.41, 5.74) is 4.20. The number of amides is 2. The third kappa shape index (κ3) is 3.64. The van der Waals surface area contributed by atoms with Gasteiger partial charge in [-0.1, -0.05) is 54.1 Å². The van der Waals surface area contributed by atoms with Crippen molar-refractivity contribution < 1.29 is 9.59 Å². The van der Waals surface area contributed by atoms with Crippen LogP contribution in [0.5, 0.6) is 0 Å². The molecular formula is C23H19ClN2O2. The van der Waals surface area contributed by atoms with Gasteiger partial charge in [0.2, 0.25) is 0 Å². The van der Waals surface area contributed by atoms with Crippen LogP contribution in [-0.2, 0) is 13.0 Å². The summed E-state index contributed by atoms with van der Waals surface area (Å²) in [5.74, 6) is -0.189. The number of carbonyl (C=O) groups excluding carboxylic acids is 2. The van der Waals surface area contributed by atoms with Crippen LogP contribution < -0.4 is 10.2 Å². The maximum atomic E-state index is 12.8. The minimum atomic E-state index is -0.202. The van der Waals surface area contributed by atoms with E-state index in [4.69, 9.17) is 11.6 Å². The van der Waals surface area contributed by atoms with Gasteiger partial charge in [-0.05, 0) is 47.9 Å². The molecular weight excluding hydrogens is 372 g/mol. The second kappa shape index (κ2) is 7.87. The van der Waals surface area contributed by atoms with Gasteiger partial charge in [-0.15, -0.1) is 0 Å². The van der Waals surface area contributed by atoms with Gasteiger partial charge in [0.05, 0.1) is 10.6 Å². The molecule has 0 aromatic heterocycles. The molecule has 0 saturated carbocycles. The lowest BCUT2D eigenvalue weighted by Crippen LogP contribution is -2.28. The number of carbonyl (C=O) groups is 2. The Kier molecular flexibility index (Phi) is 5.13. The Morgan fingerprint density at radius 3 is 2.50 bits per heavy atom. The zero-order valence-electron chi connectivity index (χ0n) is 15.2. The van der Waals surface area contributed by atoms with Crippen molar-refractivity contribution in [1.29, 1.82) is 0 Å². The van der Waals surface area contributed by atoms with E-state index in [1.54, 1.807) is 24.3 Å². The van der Waals surface area contributed by atoms with Crippen LogP contribution in [0.4, 0.5) is 5.69 Å². The van der Waals surface area contributed by atoms with E-state index < -0.39 is 0 Å². The first-order valence-electron chi connectivity index (χ1n) is 9.15. The van der Waals surface area contributed by atoms with Crippen molar-refractivity contribution in [3.63, 3.8) is 0 Å². The predicted molar refractivity (Wildman–Crippen MR) is 111 cm³/mol. The predicted octanol–water partition coefficient (Wildman–Crippen LogP) is 4.47. The van der Waals surface area contributed by atoms with Gasteiger partial charge < -0.3 is 10.2 Å². The van der Waals surface area contributed by atoms with Gasteiger partial charge in [0.15, 0.2) is 0 Å². The van der Waals surface area contributed by atoms with E-state index in [0.29, 0.717) is 29.2 Å². The van der Waals surface area contributed by atoms with Crippen LogP contribution in [0.25, 0.3) is 0 Å². The van der Waals surface area contributed by atoms with E-state index in [2.05, 4.69) is 11.4 Å². The molecule has 0 unspecified atom stereocenters. The smallest absolute Gasteiger partial charge is 0.258 e. The molecule has 0 fully saturated rings. The molecule has 0 spiro atoms. The molecule has 5 heteroatoms. The number of benzene rings is 3. The van der Waals surface area contributed by atoms with Crippen molar-refractivity contribution in [1.82, 2.24) is 5.32 Å². The number of halogens is 1. The first-order chi connectivity index (χ1) is 13.6. The molecule has 4 nitrogen and oxygen atoms in total. The molecule has 1 aliphatic rings. The first kappa shape index (κ1) is 18.3. The molecule has 1 heterocycles. The van der Waals surface area contributed by atoms with E-state index in [-0.39, 0.29) is 11.8 Å². The van der Waals surface area contributed by atoms with Gasteiger partial charge in [-0.3, -0.25) is 9.59 Å². The second-order valence-corrected chi connectivity index (χ2v) is 7.11. The van der Waals surface area contributed by atoms with Crippen molar-refractivity contribution in [3.05, 3.63) is 100 Å². The largest absolute Gasteiger partial charge is 0.348 e. The molecule has 0 atom stereocenters. The average Bonchev–Trinajstić information content (AvgIpc) is 3.15. The zero-order valence-corrected chi connectivity index (χ0v) is 15.9. The van der Waals surface area contributed by atoms with Gasteiger partial charge in [0.1, 0.15) is 0 Å². The second-order valence-electron chi connectivity index (χ2n) is 6.70. The number of nitrogens with zero attached hydrogens (tertiary/aromatic N) is 1. The van der Waals surface area contributed by atoms with Crippen molar-refractivity contribution >= 4 is 29.1 Å². The molecule has 4 rings (SSSR count). The first-order valence-corrected chi connectivity index (χ1v) is 9.53. The average molecular weight is 391 g/mol. The van der Waals surface area contributed by atoms with E-state index in [0.717, 1.165) is 23.2 Å². The summed E-state index contributed by atoms with van der Waals surface area (Å²) in [6, 6.07) is 22.2. The SMILES string of the molecule is O=C(NCc1ccc2c(c1)CCN2C(=O)c1ccccc1)c1ccccc1Cl. The Balaban J connectivity index is 1.46. The summed E-state index contributed by atoms with van der Waals surface area (Å²) >= 11 is 6.08. The quantitative estimate of drug-likeness (QED) is 0.714. The highest BCUT2D eigenvalue weighted by Crippen LogP contribution is 2.30. The highest BCUT2D eigenvalue weighted by molar-refractivity contribution is 6.33. The van der Waals surface area contributed by atoms with Gasteiger partial charge in [0.25, 0.3) is 11.8 Å². The highest BCUT2D eigenvalue weighted by Gasteiger charge is 2.25. The summed E-state index contributed by atoms with van der Waals surface area (Å²) in [4.78, 5) is 26.9. The van der Waals surface area contributed by atoms with Gasteiger partial charge in [-0.25, -0.2) is 0 Å². The van der Waals surface area contributed by atoms with E-state index >= 15 is 0 Å². The minimum Gasteiger partial charge on any atom is -0.348 e. The number of hydrogen-bond acceptors (Lipinski definition) is 2. The molecule has 0 radical (unpaired) electrons. The lowest BCUT2D eigenvalue weighted by Gasteiger charge is -2.17. The number of fused-ring (bicyclic) bond motifs is 1. The van der Waals surface area contributed by atoms with Gasteiger partial charge in [0, 0.05) is 24.3 Å². The minimum absolute atomic E-state index is 0.0131. The van der Waals surface area contributed by atoms with Crippen molar-refractivity contribution in [3.8, 4) is 0 Å². The fourth-order valence-electron chi connectivity index (χ4n) is 3.44. The third-order valence-electron chi connectivity index (χ3n) is 4.88. The molecule has 0 aliphatic carbocycles. The lowest BCUT2D eigenvalue weighted by atomic mass is 10.1. The maximum absolute atomic E-state index is 12.8. The van der Waals surface area contributed by atoms with E-state index in [9.17, 15) is 9.59 Å². The van der Waals surface area contributed by atoms with Gasteiger partial charge >= 0.3 is 0 Å². The van der Waals surface area contributed by atoms with Gasteiger partial charge in [-0.2, -0.15) is 0 Å². The summed E-state index contributed by atoms with van der Waals surface area (Å²) < 4.78 is 0. The summed E-state index contributed by atoms with van der Waals surface area (Å²) in [5, 5.41) is 3.34. The molecule has 1 aliphatic heterocycles. The lowest BCUT2D eigenvalue weighted by molar-refractivity contribution is 0.0949. The number of anilines is 1. The zero-order chi connectivity index (χ0) is 19.5. The third-order valence-corrected chi connectivity index (χ3v) is 5.21. The van der Waals surface area contributed by atoms with Crippen molar-refractivity contribution in [2.45, 2.75) is 13.0 Å². The summed E-state index contributed by atoms with van der Waals surface area (Å²) in [6.45, 7) is 1.07. The maximum Gasteiger partial charge on any atom is 0.258 e. The van der Waals surface area contributed by atoms with Crippen LogP contribution in [0.3, 0.4) is 0 Å². The molecule has 3 aromatic rings. The Bertz CT molecular complexity index is 1030. The van der Waals surface area contributed by atoms with Crippen molar-refractivity contribution in [2.75, 3.05) is 11.4 Å². The van der Waals surface area contributed by atoms with Crippen LogP contribution in [0.1, 0.15) is 31.8 Å². The Morgan fingerprint density at radius 2 is 1.71 bits per heavy atom. The van der Waals surface area contributed by atoms with Crippen LogP contribution in [-0.4, -0.2) is 18.4 Å². The monoisotopic (exact) mass is 390 g/mol. The van der Waals surface area contributed by atoms with E-state index in [1.165, 1.54) is 0 Å². The molecule has 140 valence electrons. The molecule has 28 heavy (non-hydrogen) atoms. The topological polar surface area (TPSA) is 49.4 Å². The van der Waals surface area contributed by atoms with Crippen LogP contribution in [0, 0.1) is 0 Å². The fraction of sp³-hybridized carbons (Fsp3) is 0.130. The van der Waals surface area contributed by atoms with Crippen LogP contribution in [0.15, 0.2) is 72.8 Å². The molecule has 3 aromatic carbocycles. The standard InChI is InChI=1S/C23H19ClN2O2/c24-20-9-5-4-8-19(20)22(27)25-15-16-10-11-21-18(14-16)12-13-26(21)23(28)17-6-2-1-3-7-17/h1-11,14H,12-13,15H2,(H,25,27). The molecule has 0 bridgehead atoms. The Hall–Kier alpha value is -3.11. The van der Waals surface area contributed by atoms with Crippen LogP contribution in [0.2, 0.25) is 5.02 Å². The number of hydrogen-bond donors (Lipinski definition) is 1. The normalized spacial score (nSPS) is 12.5. The van der Waals surface area contributed by atoms with Crippen molar-refractivity contribution in [2.24, 2.45) is 0 Å².